The molecule has 1 aromatic carbocycles. The van der Waals surface area contributed by atoms with Crippen LogP contribution in [-0.2, 0) is 13.0 Å². The summed E-state index contributed by atoms with van der Waals surface area (Å²) in [7, 11) is 0. The molecular weight excluding hydrogens is 388 g/mol. The molecule has 0 saturated heterocycles. The molecule has 0 bridgehead atoms. The molecule has 4 aromatic rings. The molecule has 0 atom stereocenters. The molecule has 0 saturated carbocycles. The van der Waals surface area contributed by atoms with Gasteiger partial charge in [-0.15, -0.1) is 11.3 Å². The molecule has 7 heteroatoms. The van der Waals surface area contributed by atoms with Crippen molar-refractivity contribution in [3.05, 3.63) is 69.3 Å². The number of thiazole rings is 1. The van der Waals surface area contributed by atoms with Gasteiger partial charge in [-0.1, -0.05) is 35.9 Å². The highest BCUT2D eigenvalue weighted by atomic mass is 35.5. The summed E-state index contributed by atoms with van der Waals surface area (Å²) < 4.78 is 7.10. The van der Waals surface area contributed by atoms with Crippen LogP contribution in [0.15, 0.2) is 53.1 Å². The molecule has 0 spiro atoms. The Balaban J connectivity index is 1.75. The van der Waals surface area contributed by atoms with Gasteiger partial charge in [-0.05, 0) is 48.4 Å². The van der Waals surface area contributed by atoms with Gasteiger partial charge in [0.05, 0.1) is 32.2 Å². The zero-order chi connectivity index (χ0) is 18.1. The predicted octanol–water partition coefficient (Wildman–Crippen LogP) is 6.01. The molecule has 0 aliphatic rings. The molecule has 0 unspecified atom stereocenters. The van der Waals surface area contributed by atoms with Crippen molar-refractivity contribution in [1.82, 2.24) is 4.98 Å². The Kier molecular flexibility index (Phi) is 4.80. The quantitative estimate of drug-likeness (QED) is 0.410. The molecule has 26 heavy (non-hydrogen) atoms. The van der Waals surface area contributed by atoms with Crippen LogP contribution in [0.1, 0.15) is 27.9 Å². The Bertz CT molecular complexity index is 1050. The molecule has 132 valence electrons. The second-order valence-electron chi connectivity index (χ2n) is 5.73. The third-order valence-electron chi connectivity index (χ3n) is 4.00. The molecule has 0 N–H and O–H groups in total. The average Bonchev–Trinajstić information content (AvgIpc) is 3.38. The Morgan fingerprint density at radius 3 is 2.81 bits per heavy atom. The number of fused-ring (bicyclic) bond motifs is 1. The highest BCUT2D eigenvalue weighted by Gasteiger charge is 2.24. The van der Waals surface area contributed by atoms with E-state index in [-0.39, 0.29) is 5.91 Å². The summed E-state index contributed by atoms with van der Waals surface area (Å²) in [6.07, 6.45) is 2.57. The van der Waals surface area contributed by atoms with Crippen molar-refractivity contribution < 1.29 is 9.21 Å². The Labute approximate surface area is 163 Å². The first-order valence-corrected chi connectivity index (χ1v) is 10.1. The summed E-state index contributed by atoms with van der Waals surface area (Å²) >= 11 is 8.79. The van der Waals surface area contributed by atoms with Crippen molar-refractivity contribution in [1.29, 1.82) is 0 Å². The number of carbonyl (C=O) groups is 1. The summed E-state index contributed by atoms with van der Waals surface area (Å²) in [6, 6.07) is 13.3. The van der Waals surface area contributed by atoms with E-state index in [0.29, 0.717) is 26.7 Å². The van der Waals surface area contributed by atoms with E-state index >= 15 is 0 Å². The normalized spacial score (nSPS) is 11.2. The van der Waals surface area contributed by atoms with Crippen molar-refractivity contribution in [2.75, 3.05) is 4.90 Å². The number of furan rings is 1. The zero-order valence-corrected chi connectivity index (χ0v) is 16.3. The number of nitrogens with zero attached hydrogens (tertiary/aromatic N) is 2. The first-order valence-electron chi connectivity index (χ1n) is 8.13. The van der Waals surface area contributed by atoms with E-state index in [1.165, 1.54) is 28.2 Å². The zero-order valence-electron chi connectivity index (χ0n) is 13.9. The van der Waals surface area contributed by atoms with E-state index in [9.17, 15) is 4.79 Å². The number of thiophene rings is 1. The lowest BCUT2D eigenvalue weighted by Gasteiger charge is -2.17. The fraction of sp³-hybridized carbons (Fsp3) is 0.158. The molecular formula is C19H15ClN2O2S2. The maximum absolute atomic E-state index is 13.1. The van der Waals surface area contributed by atoms with Crippen LogP contribution < -0.4 is 4.90 Å². The fourth-order valence-corrected chi connectivity index (χ4v) is 4.66. The van der Waals surface area contributed by atoms with Crippen LogP contribution in [0.4, 0.5) is 5.13 Å². The van der Waals surface area contributed by atoms with Gasteiger partial charge in [-0.3, -0.25) is 9.69 Å². The number of amides is 1. The molecule has 0 aliphatic heterocycles. The third-order valence-corrected chi connectivity index (χ3v) is 6.26. The van der Waals surface area contributed by atoms with Gasteiger partial charge in [0.25, 0.3) is 5.91 Å². The van der Waals surface area contributed by atoms with Gasteiger partial charge >= 0.3 is 0 Å². The first kappa shape index (κ1) is 17.3. The number of hydrogen-bond donors (Lipinski definition) is 0. The topological polar surface area (TPSA) is 46.3 Å². The van der Waals surface area contributed by atoms with Crippen LogP contribution >= 0.6 is 34.3 Å². The van der Waals surface area contributed by atoms with E-state index in [0.717, 1.165) is 16.6 Å². The number of aromatic nitrogens is 1. The number of halogens is 1. The molecule has 3 aromatic heterocycles. The van der Waals surface area contributed by atoms with Crippen molar-refractivity contribution >= 4 is 55.5 Å². The van der Waals surface area contributed by atoms with E-state index < -0.39 is 0 Å². The van der Waals surface area contributed by atoms with Gasteiger partial charge in [0.2, 0.25) is 0 Å². The second-order valence-corrected chi connectivity index (χ2v) is 8.45. The van der Waals surface area contributed by atoms with Gasteiger partial charge in [-0.25, -0.2) is 4.98 Å². The van der Waals surface area contributed by atoms with Crippen molar-refractivity contribution in [2.45, 2.75) is 19.9 Å². The third kappa shape index (κ3) is 3.40. The fourth-order valence-electron chi connectivity index (χ4n) is 2.64. The lowest BCUT2D eigenvalue weighted by Crippen LogP contribution is -2.29. The molecule has 0 aliphatic carbocycles. The van der Waals surface area contributed by atoms with Crippen LogP contribution in [0.25, 0.3) is 10.2 Å². The molecule has 3 heterocycles. The minimum Gasteiger partial charge on any atom is -0.467 e. The van der Waals surface area contributed by atoms with Gasteiger partial charge in [-0.2, -0.15) is 0 Å². The summed E-state index contributed by atoms with van der Waals surface area (Å²) in [5.41, 5.74) is 2.14. The average molecular weight is 403 g/mol. The number of carbonyl (C=O) groups excluding carboxylic acids is 1. The SMILES string of the molecule is CCc1ccc2nc(N(Cc3ccco3)C(=O)c3ccc(Cl)s3)sc2c1. The van der Waals surface area contributed by atoms with Crippen LogP contribution in [-0.4, -0.2) is 10.9 Å². The smallest absolute Gasteiger partial charge is 0.270 e. The first-order chi connectivity index (χ1) is 12.6. The summed E-state index contributed by atoms with van der Waals surface area (Å²) in [4.78, 5) is 20.0. The van der Waals surface area contributed by atoms with Crippen LogP contribution in [0, 0.1) is 0 Å². The van der Waals surface area contributed by atoms with Gasteiger partial charge < -0.3 is 4.42 Å². The van der Waals surface area contributed by atoms with E-state index in [4.69, 9.17) is 16.0 Å². The van der Waals surface area contributed by atoms with Crippen molar-refractivity contribution in [2.24, 2.45) is 0 Å². The minimum atomic E-state index is -0.131. The number of aryl methyl sites for hydroxylation is 1. The summed E-state index contributed by atoms with van der Waals surface area (Å²) in [5, 5.41) is 0.652. The Hall–Kier alpha value is -2.15. The standard InChI is InChI=1S/C19H15ClN2O2S2/c1-2-12-5-6-14-16(10-12)26-19(21-14)22(11-13-4-3-9-24-13)18(23)15-7-8-17(20)25-15/h3-10H,2,11H2,1H3. The predicted molar refractivity (Wildman–Crippen MR) is 108 cm³/mol. The lowest BCUT2D eigenvalue weighted by molar-refractivity contribution is 0.0987. The van der Waals surface area contributed by atoms with Crippen LogP contribution in [0.5, 0.6) is 0 Å². The molecule has 4 rings (SSSR count). The molecule has 0 radical (unpaired) electrons. The highest BCUT2D eigenvalue weighted by Crippen LogP contribution is 2.33. The van der Waals surface area contributed by atoms with Crippen molar-refractivity contribution in [3.63, 3.8) is 0 Å². The largest absolute Gasteiger partial charge is 0.467 e. The monoisotopic (exact) mass is 402 g/mol. The van der Waals surface area contributed by atoms with Gasteiger partial charge in [0.15, 0.2) is 5.13 Å². The van der Waals surface area contributed by atoms with E-state index in [2.05, 4.69) is 24.0 Å². The Morgan fingerprint density at radius 2 is 2.12 bits per heavy atom. The van der Waals surface area contributed by atoms with E-state index in [1.807, 2.05) is 18.2 Å². The van der Waals surface area contributed by atoms with E-state index in [1.54, 1.807) is 23.3 Å². The maximum atomic E-state index is 13.1. The molecule has 0 fully saturated rings. The number of rotatable bonds is 5. The molecule has 1 amide bonds. The Morgan fingerprint density at radius 1 is 1.23 bits per heavy atom. The summed E-state index contributed by atoms with van der Waals surface area (Å²) in [6.45, 7) is 2.44. The molecule has 4 nitrogen and oxygen atoms in total. The van der Waals surface area contributed by atoms with Gasteiger partial charge in [0.1, 0.15) is 5.76 Å². The van der Waals surface area contributed by atoms with Crippen LogP contribution in [0.2, 0.25) is 4.34 Å². The van der Waals surface area contributed by atoms with Crippen molar-refractivity contribution in [3.8, 4) is 0 Å². The number of benzene rings is 1. The number of anilines is 1. The van der Waals surface area contributed by atoms with Gasteiger partial charge in [0, 0.05) is 0 Å². The second kappa shape index (κ2) is 7.23. The lowest BCUT2D eigenvalue weighted by atomic mass is 10.2. The summed E-state index contributed by atoms with van der Waals surface area (Å²) in [5.74, 6) is 0.572. The number of hydrogen-bond acceptors (Lipinski definition) is 5. The van der Waals surface area contributed by atoms with Crippen LogP contribution in [0.3, 0.4) is 0 Å². The minimum absolute atomic E-state index is 0.131. The maximum Gasteiger partial charge on any atom is 0.270 e. The highest BCUT2D eigenvalue weighted by molar-refractivity contribution is 7.22.